The Morgan fingerprint density at radius 2 is 1.85 bits per heavy atom. The second kappa shape index (κ2) is 9.71. The molecule has 170 valence electrons. The number of nitrogens with zero attached hydrogens (tertiary/aromatic N) is 3. The third kappa shape index (κ3) is 5.58. The van der Waals surface area contributed by atoms with E-state index in [2.05, 4.69) is 20.1 Å². The maximum atomic E-state index is 12.5. The lowest BCUT2D eigenvalue weighted by Crippen LogP contribution is -2.26. The predicted octanol–water partition coefficient (Wildman–Crippen LogP) is -0.971. The number of rotatable bonds is 7. The molecule has 0 unspecified atom stereocenters. The lowest BCUT2D eigenvalue weighted by molar-refractivity contribution is -0.274. The van der Waals surface area contributed by atoms with E-state index in [-0.39, 0.29) is 12.5 Å². The molecule has 14 heteroatoms. The number of nitrogens with one attached hydrogen (secondary N) is 1. The van der Waals surface area contributed by atoms with Crippen molar-refractivity contribution in [3.05, 3.63) is 58.6 Å². The van der Waals surface area contributed by atoms with Crippen LogP contribution in [0.2, 0.25) is 0 Å². The van der Waals surface area contributed by atoms with Crippen molar-refractivity contribution in [1.82, 2.24) is 20.1 Å². The van der Waals surface area contributed by atoms with E-state index in [0.29, 0.717) is 33.5 Å². The van der Waals surface area contributed by atoms with Gasteiger partial charge in [-0.2, -0.15) is 5.10 Å². The topological polar surface area (TPSA) is 110 Å². The molecule has 2 aromatic heterocycles. The molecule has 1 amide bonds. The predicted molar refractivity (Wildman–Crippen MR) is 122 cm³/mol. The van der Waals surface area contributed by atoms with Crippen molar-refractivity contribution in [2.75, 3.05) is 6.61 Å². The largest absolute Gasteiger partial charge is 0.573 e. The van der Waals surface area contributed by atoms with Gasteiger partial charge in [0.2, 0.25) is 5.91 Å². The van der Waals surface area contributed by atoms with E-state index in [9.17, 15) is 28.2 Å². The van der Waals surface area contributed by atoms with Gasteiger partial charge >= 0.3 is 6.36 Å². The van der Waals surface area contributed by atoms with Gasteiger partial charge in [-0.15, -0.1) is 18.5 Å². The van der Waals surface area contributed by atoms with Crippen LogP contribution in [0.4, 0.5) is 13.2 Å². The van der Waals surface area contributed by atoms with Crippen LogP contribution >= 0.6 is 0 Å². The zero-order valence-corrected chi connectivity index (χ0v) is 18.1. The first kappa shape index (κ1) is 24.4. The van der Waals surface area contributed by atoms with E-state index >= 15 is 0 Å². The number of aromatic nitrogens is 3. The number of halogens is 3. The highest BCUT2D eigenvalue weighted by atomic mass is 19.4. The summed E-state index contributed by atoms with van der Waals surface area (Å²) in [6, 6.07) is 6.56. The summed E-state index contributed by atoms with van der Waals surface area (Å²) in [4.78, 5) is 16.7. The number of carbonyl (C=O) groups is 1. The minimum Gasteiger partial charge on any atom is -0.406 e. The number of pyridine rings is 1. The average molecular weight is 458 g/mol. The van der Waals surface area contributed by atoms with E-state index in [4.69, 9.17) is 0 Å². The maximum Gasteiger partial charge on any atom is 0.573 e. The zero-order chi connectivity index (χ0) is 24.3. The number of amides is 1. The van der Waals surface area contributed by atoms with Crippen LogP contribution in [0.1, 0.15) is 17.4 Å². The van der Waals surface area contributed by atoms with Crippen molar-refractivity contribution >= 4 is 40.5 Å². The Morgan fingerprint density at radius 3 is 2.42 bits per heavy atom. The normalized spacial score (nSPS) is 12.4. The van der Waals surface area contributed by atoms with Gasteiger partial charge in [0, 0.05) is 6.20 Å². The number of ether oxygens (including phenoxy) is 1. The molecule has 0 saturated carbocycles. The van der Waals surface area contributed by atoms with Crippen LogP contribution in [0.3, 0.4) is 0 Å². The van der Waals surface area contributed by atoms with Gasteiger partial charge < -0.3 is 20.3 Å². The monoisotopic (exact) mass is 458 g/mol. The van der Waals surface area contributed by atoms with E-state index in [0.717, 1.165) is 17.5 Å². The molecule has 2 heterocycles. The van der Waals surface area contributed by atoms with Gasteiger partial charge in [-0.3, -0.25) is 4.79 Å². The lowest BCUT2D eigenvalue weighted by Gasteiger charge is -2.11. The molecule has 1 atom stereocenters. The van der Waals surface area contributed by atoms with Crippen molar-refractivity contribution in [1.29, 1.82) is 0 Å². The van der Waals surface area contributed by atoms with Crippen LogP contribution in [-0.2, 0) is 11.3 Å². The quantitative estimate of drug-likeness (QED) is 0.311. The minimum atomic E-state index is -4.81. The second-order valence-electron chi connectivity index (χ2n) is 7.51. The first-order chi connectivity index (χ1) is 15.5. The van der Waals surface area contributed by atoms with Crippen LogP contribution in [0.25, 0.3) is 16.7 Å². The van der Waals surface area contributed by atoms with Crippen LogP contribution < -0.4 is 10.1 Å². The number of aliphatic hydroxyl groups excluding tert-OH is 2. The van der Waals surface area contributed by atoms with Crippen molar-refractivity contribution in [2.24, 2.45) is 0 Å². The average Bonchev–Trinajstić information content (AvgIpc) is 3.14. The molecule has 3 N–H and O–H groups in total. The number of alkyl halides is 3. The van der Waals surface area contributed by atoms with Crippen LogP contribution in [0, 0.1) is 0 Å². The summed E-state index contributed by atoms with van der Waals surface area (Å²) in [6.07, 6.45) is -4.61. The molecule has 3 aromatic rings. The number of hydrogen-bond donors (Lipinski definition) is 3. The first-order valence-corrected chi connectivity index (χ1v) is 9.95. The number of hydrogen-bond acceptors (Lipinski definition) is 6. The van der Waals surface area contributed by atoms with E-state index in [1.165, 1.54) is 29.1 Å². The third-order valence-corrected chi connectivity index (χ3v) is 5.03. The highest BCUT2D eigenvalue weighted by Gasteiger charge is 2.31. The summed E-state index contributed by atoms with van der Waals surface area (Å²) in [5, 5.41) is 28.3. The third-order valence-electron chi connectivity index (χ3n) is 5.03. The summed E-state index contributed by atoms with van der Waals surface area (Å²) in [7, 11) is 5.31. The van der Waals surface area contributed by atoms with E-state index in [1.54, 1.807) is 7.85 Å². The summed E-state index contributed by atoms with van der Waals surface area (Å²) in [6.45, 7) is -0.546. The Labute approximate surface area is 189 Å². The molecule has 1 aromatic carbocycles. The molecule has 0 saturated heterocycles. The molecule has 3 rings (SSSR count). The van der Waals surface area contributed by atoms with E-state index < -0.39 is 24.8 Å². The number of benzene rings is 1. The molecule has 0 bridgehead atoms. The van der Waals surface area contributed by atoms with Crippen LogP contribution in [0.15, 0.2) is 47.4 Å². The van der Waals surface area contributed by atoms with Gasteiger partial charge in [0.15, 0.2) is 5.65 Å². The zero-order valence-electron chi connectivity index (χ0n) is 18.1. The molecule has 0 radical (unpaired) electrons. The van der Waals surface area contributed by atoms with Crippen molar-refractivity contribution in [3.8, 4) is 11.4 Å². The molecule has 0 fully saturated rings. The smallest absolute Gasteiger partial charge is 0.406 e. The maximum absolute atomic E-state index is 12.5. The van der Waals surface area contributed by atoms with Crippen LogP contribution in [-0.4, -0.2) is 67.4 Å². The Bertz CT molecular complexity index is 1200. The molecule has 0 aliphatic rings. The summed E-state index contributed by atoms with van der Waals surface area (Å²) >= 11 is 0. The number of fused-ring (bicyclic) bond motifs is 1. The van der Waals surface area contributed by atoms with Gasteiger partial charge in [-0.1, -0.05) is 0 Å². The lowest BCUT2D eigenvalue weighted by atomic mass is 9.69. The summed E-state index contributed by atoms with van der Waals surface area (Å²) in [5.74, 6) is -0.684. The Kier molecular flexibility index (Phi) is 7.18. The van der Waals surface area contributed by atoms with Gasteiger partial charge in [0.1, 0.15) is 35.4 Å². The Morgan fingerprint density at radius 1 is 1.18 bits per heavy atom. The fourth-order valence-electron chi connectivity index (χ4n) is 3.13. The van der Waals surface area contributed by atoms with E-state index in [1.807, 2.05) is 15.7 Å². The number of carbonyl (C=O) groups excluding carboxylic acids is 1. The Hall–Kier alpha value is -3.25. The van der Waals surface area contributed by atoms with Gasteiger partial charge in [0.05, 0.1) is 29.9 Å². The van der Waals surface area contributed by atoms with Gasteiger partial charge in [-0.05, 0) is 41.4 Å². The summed E-state index contributed by atoms with van der Waals surface area (Å²) < 4.78 is 42.6. The molecule has 0 spiro atoms. The minimum absolute atomic E-state index is 0.000929. The molecular formula is C19H20B3F3N4O4. The van der Waals surface area contributed by atoms with Gasteiger partial charge in [-0.25, -0.2) is 9.67 Å². The standard InChI is InChI=1S/C19H20B3F3N4O4/c20-15(16(21)22)18(32)27-7-12-14-11(13(31)8-30)5-6-26-17(14)29(28-12)9-1-3-10(4-2-9)33-19(23,24)25/h1-6,13,30-31H,7-8,20-22H2,(H,27,32)/t13-/m1/s1. The fourth-order valence-corrected chi connectivity index (χ4v) is 3.13. The van der Waals surface area contributed by atoms with Crippen LogP contribution in [0.5, 0.6) is 5.75 Å². The SMILES string of the molecule is BC(B)=C(B)C(=O)NCc1nn(-c2ccc(OC(F)(F)F)cc2)c2nccc([C@H](O)CO)c12. The molecule has 33 heavy (non-hydrogen) atoms. The fraction of sp³-hybridized carbons (Fsp3) is 0.211. The molecule has 0 aliphatic carbocycles. The van der Waals surface area contributed by atoms with Crippen molar-refractivity contribution in [3.63, 3.8) is 0 Å². The highest BCUT2D eigenvalue weighted by molar-refractivity contribution is 6.55. The van der Waals surface area contributed by atoms with Gasteiger partial charge in [0.25, 0.3) is 0 Å². The molecule has 8 nitrogen and oxygen atoms in total. The van der Waals surface area contributed by atoms with Crippen molar-refractivity contribution in [2.45, 2.75) is 19.0 Å². The first-order valence-electron chi connectivity index (χ1n) is 9.95. The Balaban J connectivity index is 2.06. The molecule has 0 aliphatic heterocycles. The number of aliphatic hydroxyl groups is 2. The van der Waals surface area contributed by atoms with Crippen molar-refractivity contribution < 1.29 is 32.9 Å². The second-order valence-corrected chi connectivity index (χ2v) is 7.51. The summed E-state index contributed by atoms with van der Waals surface area (Å²) in [5.41, 5.74) is 1.95. The molecular weight excluding hydrogens is 438 g/mol. The highest BCUT2D eigenvalue weighted by Crippen LogP contribution is 2.29.